The van der Waals surface area contributed by atoms with Crippen molar-refractivity contribution in [3.63, 3.8) is 0 Å². The van der Waals surface area contributed by atoms with Crippen LogP contribution >= 0.6 is 47.0 Å². The quantitative estimate of drug-likeness (QED) is 0.0902. The molecule has 0 aromatic heterocycles. The summed E-state index contributed by atoms with van der Waals surface area (Å²) in [7, 11) is 0. The lowest BCUT2D eigenvalue weighted by Gasteiger charge is -2.27. The second kappa shape index (κ2) is 24.9. The van der Waals surface area contributed by atoms with Crippen molar-refractivity contribution in [2.24, 2.45) is 0 Å². The van der Waals surface area contributed by atoms with Gasteiger partial charge < -0.3 is 38.6 Å². The Morgan fingerprint density at radius 3 is 0.850 bits per heavy atom. The molecule has 0 saturated carbocycles. The number of fused-ring (bicyclic) bond motifs is 10. The number of aromatic hydroxyl groups is 2. The van der Waals surface area contributed by atoms with E-state index in [1.54, 1.807) is 0 Å². The highest BCUT2D eigenvalue weighted by Gasteiger charge is 2.30. The van der Waals surface area contributed by atoms with E-state index in [1.807, 2.05) is 48.5 Å². The second-order valence-electron chi connectivity index (χ2n) is 24.3. The molecule has 80 heavy (non-hydrogen) atoms. The molecule has 0 amide bonds. The van der Waals surface area contributed by atoms with E-state index >= 15 is 0 Å². The van der Waals surface area contributed by atoms with Crippen LogP contribution in [0, 0.1) is 0 Å². The average Bonchev–Trinajstić information content (AvgIpc) is 3.40. The maximum absolute atomic E-state index is 12.7. The van der Waals surface area contributed by atoms with Crippen molar-refractivity contribution in [3.8, 4) is 34.5 Å². The summed E-state index contributed by atoms with van der Waals surface area (Å²) in [4.78, 5) is 6.16. The predicted molar refractivity (Wildman–Crippen MR) is 332 cm³/mol. The number of ether oxygens (including phenoxy) is 6. The van der Waals surface area contributed by atoms with E-state index in [4.69, 9.17) is 28.4 Å². The van der Waals surface area contributed by atoms with Gasteiger partial charge in [0.25, 0.3) is 0 Å². The van der Waals surface area contributed by atoms with Crippen LogP contribution in [0.15, 0.2) is 173 Å². The molecule has 1 aliphatic rings. The minimum Gasteiger partial charge on any atom is -0.506 e. The van der Waals surface area contributed by atoms with Gasteiger partial charge in [-0.15, -0.1) is 0 Å². The van der Waals surface area contributed by atoms with Gasteiger partial charge in [0.05, 0.1) is 65.6 Å². The molecule has 0 atom stereocenters. The van der Waals surface area contributed by atoms with Crippen molar-refractivity contribution < 1.29 is 38.6 Å². The Balaban J connectivity index is 1.07. The molecular formula is C68H76O8S4. The zero-order valence-corrected chi connectivity index (χ0v) is 51.6. The van der Waals surface area contributed by atoms with Gasteiger partial charge in [0.15, 0.2) is 0 Å². The van der Waals surface area contributed by atoms with Crippen molar-refractivity contribution in [3.05, 3.63) is 156 Å². The zero-order chi connectivity index (χ0) is 57.0. The number of hydrogen-bond acceptors (Lipinski definition) is 12. The van der Waals surface area contributed by atoms with Gasteiger partial charge in [-0.25, -0.2) is 0 Å². The van der Waals surface area contributed by atoms with Crippen molar-refractivity contribution in [1.29, 1.82) is 0 Å². The van der Waals surface area contributed by atoms with Crippen LogP contribution in [0.2, 0.25) is 0 Å². The molecule has 8 nitrogen and oxygen atoms in total. The Morgan fingerprint density at radius 2 is 0.562 bits per heavy atom. The number of hydrogen-bond donors (Lipinski definition) is 2. The SMILES string of the molecule is CC(C)(C)c1cc2c(O)c(c1)Sc1cc(C(C)(C)C)cc(c1OCCOCCOc1ccc3ccccc3c1)Sc1cc(C(C)(C)C)cc(c1O)Sc1cc(C(C)(C)C)cc(c1OCCOCCOc1ccc3ccccc3c1)S2. The molecule has 0 spiro atoms. The van der Waals surface area contributed by atoms with Crippen molar-refractivity contribution in [2.75, 3.05) is 52.9 Å². The van der Waals surface area contributed by atoms with Crippen molar-refractivity contribution >= 4 is 68.6 Å². The molecule has 1 aliphatic heterocycles. The fraction of sp³-hybridized carbons (Fsp3) is 0.353. The Hall–Kier alpha value is -5.60. The molecule has 8 aromatic carbocycles. The van der Waals surface area contributed by atoms with E-state index in [2.05, 4.69) is 168 Å². The van der Waals surface area contributed by atoms with Gasteiger partial charge in [-0.3, -0.25) is 0 Å². The molecule has 420 valence electrons. The standard InChI is InChI=1S/C68H76O8S4/c1-65(2,3)47-35-53-61(69)54(36-47)78-58-40-50(68(10,11)12)42-60(64(58)76-32-28-72-26-30-74-52-24-22-44-18-14-16-20-46(44)34-52)80-56-38-48(66(4,5)6)37-55(62(56)70)79-59-41-49(67(7,8)9)39-57(77-53)63(59)75-31-27-71-25-29-73-51-23-21-43-17-13-15-19-45(43)33-51/h13-24,33-42,69-70H,25-32H2,1-12H3. The number of rotatable bonds is 16. The van der Waals surface area contributed by atoms with Crippen LogP contribution in [-0.2, 0) is 31.1 Å². The highest BCUT2D eigenvalue weighted by Crippen LogP contribution is 2.56. The van der Waals surface area contributed by atoms with E-state index in [0.29, 0.717) is 70.7 Å². The number of phenolic OH excluding ortho intramolecular Hbond substituents is 2. The first-order valence-electron chi connectivity index (χ1n) is 27.5. The Morgan fingerprint density at radius 1 is 0.300 bits per heavy atom. The highest BCUT2D eigenvalue weighted by atomic mass is 32.2. The summed E-state index contributed by atoms with van der Waals surface area (Å²) in [6.45, 7) is 29.1. The van der Waals surface area contributed by atoms with Gasteiger partial charge in [0.2, 0.25) is 0 Å². The van der Waals surface area contributed by atoms with Crippen LogP contribution < -0.4 is 18.9 Å². The summed E-state index contributed by atoms with van der Waals surface area (Å²) < 4.78 is 38.3. The molecule has 0 radical (unpaired) electrons. The third kappa shape index (κ3) is 14.7. The van der Waals surface area contributed by atoms with Gasteiger partial charge >= 0.3 is 0 Å². The summed E-state index contributed by atoms with van der Waals surface area (Å²) in [6, 6.07) is 45.9. The van der Waals surface area contributed by atoms with Crippen LogP contribution in [0.1, 0.15) is 105 Å². The van der Waals surface area contributed by atoms with Crippen LogP contribution in [0.4, 0.5) is 0 Å². The van der Waals surface area contributed by atoms with E-state index < -0.39 is 0 Å². The minimum atomic E-state index is -0.268. The molecule has 0 aliphatic carbocycles. The van der Waals surface area contributed by atoms with Gasteiger partial charge in [-0.2, -0.15) is 0 Å². The van der Waals surface area contributed by atoms with E-state index in [-0.39, 0.29) is 46.4 Å². The Kier molecular flexibility index (Phi) is 18.3. The monoisotopic (exact) mass is 1150 g/mol. The smallest absolute Gasteiger partial charge is 0.147 e. The molecule has 1 heterocycles. The topological polar surface area (TPSA) is 95.8 Å². The lowest BCUT2D eigenvalue weighted by Crippen LogP contribution is -2.15. The third-order valence-electron chi connectivity index (χ3n) is 13.8. The lowest BCUT2D eigenvalue weighted by molar-refractivity contribution is 0.0751. The molecule has 2 N–H and O–H groups in total. The maximum Gasteiger partial charge on any atom is 0.147 e. The van der Waals surface area contributed by atoms with Gasteiger partial charge in [0, 0.05) is 0 Å². The second-order valence-corrected chi connectivity index (χ2v) is 28.6. The van der Waals surface area contributed by atoms with E-state index in [1.165, 1.54) is 57.8 Å². The van der Waals surface area contributed by atoms with Crippen molar-refractivity contribution in [2.45, 2.75) is 144 Å². The molecule has 8 aromatic rings. The highest BCUT2D eigenvalue weighted by molar-refractivity contribution is 8.01. The van der Waals surface area contributed by atoms with E-state index in [0.717, 1.165) is 64.1 Å². The molecule has 0 saturated heterocycles. The molecular weight excluding hydrogens is 1070 g/mol. The normalized spacial score (nSPS) is 13.2. The van der Waals surface area contributed by atoms with Crippen LogP contribution in [0.25, 0.3) is 21.5 Å². The Bertz CT molecular complexity index is 3160. The maximum atomic E-state index is 12.7. The minimum absolute atomic E-state index is 0.171. The molecule has 12 heteroatoms. The summed E-state index contributed by atoms with van der Waals surface area (Å²) in [5, 5.41) is 30.0. The lowest BCUT2D eigenvalue weighted by atomic mass is 9.87. The molecule has 8 bridgehead atoms. The van der Waals surface area contributed by atoms with Crippen LogP contribution in [0.5, 0.6) is 34.5 Å². The van der Waals surface area contributed by atoms with Gasteiger partial charge in [-0.05, 0) is 138 Å². The van der Waals surface area contributed by atoms with Crippen molar-refractivity contribution in [1.82, 2.24) is 0 Å². The summed E-state index contributed by atoms with van der Waals surface area (Å²) in [6.07, 6.45) is 0. The zero-order valence-electron chi connectivity index (χ0n) is 48.3. The Labute approximate surface area is 491 Å². The molecule has 9 rings (SSSR count). The number of phenols is 2. The molecule has 0 unspecified atom stereocenters. The van der Waals surface area contributed by atoms with Crippen LogP contribution in [0.3, 0.4) is 0 Å². The predicted octanol–water partition coefficient (Wildman–Crippen LogP) is 18.5. The number of benzene rings is 8. The first-order valence-corrected chi connectivity index (χ1v) is 30.7. The summed E-state index contributed by atoms with van der Waals surface area (Å²) >= 11 is 5.98. The average molecular weight is 1150 g/mol. The first kappa shape index (κ1) is 59.0. The summed E-state index contributed by atoms with van der Waals surface area (Å²) in [5.41, 5.74) is 3.27. The fourth-order valence-electron chi connectivity index (χ4n) is 8.98. The van der Waals surface area contributed by atoms with E-state index in [9.17, 15) is 10.2 Å². The largest absolute Gasteiger partial charge is 0.506 e. The molecule has 0 fully saturated rings. The van der Waals surface area contributed by atoms with Gasteiger partial charge in [0.1, 0.15) is 60.9 Å². The van der Waals surface area contributed by atoms with Gasteiger partial charge in [-0.1, -0.05) is 191 Å². The summed E-state index contributed by atoms with van der Waals surface area (Å²) in [5.74, 6) is 3.24. The first-order chi connectivity index (χ1) is 38.0. The fourth-order valence-corrected chi connectivity index (χ4v) is 13.5. The third-order valence-corrected chi connectivity index (χ3v) is 18.1. The van der Waals surface area contributed by atoms with Crippen LogP contribution in [-0.4, -0.2) is 63.1 Å².